The fraction of sp³-hybridized carbons (Fsp3) is 0.476. The van der Waals surface area contributed by atoms with Crippen LogP contribution in [0.25, 0.3) is 0 Å². The molecule has 2 heterocycles. The van der Waals surface area contributed by atoms with Crippen LogP contribution in [0.3, 0.4) is 0 Å². The Bertz CT molecular complexity index is 800. The van der Waals surface area contributed by atoms with E-state index in [0.717, 1.165) is 24.2 Å². The molecule has 1 saturated heterocycles. The number of hydrogen-bond acceptors (Lipinski definition) is 3. The molecule has 0 radical (unpaired) electrons. The number of aromatic nitrogens is 2. The van der Waals surface area contributed by atoms with Crippen LogP contribution in [-0.4, -0.2) is 50.5 Å². The highest BCUT2D eigenvalue weighted by Crippen LogP contribution is 2.20. The number of carbonyl (C=O) groups excluding carboxylic acids is 2. The van der Waals surface area contributed by atoms with Crippen molar-refractivity contribution in [1.29, 1.82) is 0 Å². The molecule has 1 aromatic heterocycles. The summed E-state index contributed by atoms with van der Waals surface area (Å²) in [7, 11) is 0. The number of rotatable bonds is 5. The minimum absolute atomic E-state index is 0.0192. The van der Waals surface area contributed by atoms with Crippen molar-refractivity contribution in [2.75, 3.05) is 13.1 Å². The zero-order valence-electron chi connectivity index (χ0n) is 16.4. The normalized spacial score (nSPS) is 17.9. The third kappa shape index (κ3) is 4.21. The Labute approximate surface area is 160 Å². The number of amides is 2. The molecule has 2 amide bonds. The summed E-state index contributed by atoms with van der Waals surface area (Å²) in [6, 6.07) is 10.0. The predicted octanol–water partition coefficient (Wildman–Crippen LogP) is 2.86. The van der Waals surface area contributed by atoms with E-state index in [1.54, 1.807) is 4.68 Å². The van der Waals surface area contributed by atoms with E-state index in [9.17, 15) is 9.59 Å². The molecule has 6 nitrogen and oxygen atoms in total. The van der Waals surface area contributed by atoms with Crippen molar-refractivity contribution in [2.24, 2.45) is 0 Å². The molecule has 0 spiro atoms. The smallest absolute Gasteiger partial charge is 0.257 e. The average molecular weight is 368 g/mol. The molecule has 0 N–H and O–H groups in total. The topological polar surface area (TPSA) is 58.4 Å². The van der Waals surface area contributed by atoms with Crippen LogP contribution in [-0.2, 0) is 17.9 Å². The van der Waals surface area contributed by atoms with Crippen LogP contribution in [0.5, 0.6) is 0 Å². The number of nitrogens with zero attached hydrogens (tertiary/aromatic N) is 4. The second-order valence-corrected chi connectivity index (χ2v) is 7.05. The van der Waals surface area contributed by atoms with E-state index in [2.05, 4.69) is 12.0 Å². The SMILES string of the molecule is CC[C@@H]1CN(C(=O)c2cn(CC)nc2C)CCC(=O)N1Cc1ccccc1. The zero-order chi connectivity index (χ0) is 19.4. The minimum atomic E-state index is -0.0278. The quantitative estimate of drug-likeness (QED) is 0.815. The van der Waals surface area contributed by atoms with Crippen LogP contribution in [0.1, 0.15) is 48.3 Å². The van der Waals surface area contributed by atoms with E-state index in [1.165, 1.54) is 0 Å². The van der Waals surface area contributed by atoms with Crippen LogP contribution in [0.4, 0.5) is 0 Å². The Hall–Kier alpha value is -2.63. The van der Waals surface area contributed by atoms with Gasteiger partial charge in [0.15, 0.2) is 0 Å². The first-order chi connectivity index (χ1) is 13.0. The van der Waals surface area contributed by atoms with Gasteiger partial charge in [-0.25, -0.2) is 0 Å². The van der Waals surface area contributed by atoms with Gasteiger partial charge in [0.25, 0.3) is 5.91 Å². The van der Waals surface area contributed by atoms with E-state index >= 15 is 0 Å². The molecule has 6 heteroatoms. The Balaban J connectivity index is 1.79. The first kappa shape index (κ1) is 19.1. The Kier molecular flexibility index (Phi) is 5.94. The van der Waals surface area contributed by atoms with Crippen LogP contribution in [0.15, 0.2) is 36.5 Å². The average Bonchev–Trinajstić information content (AvgIpc) is 2.99. The molecule has 0 unspecified atom stereocenters. The van der Waals surface area contributed by atoms with E-state index in [1.807, 2.05) is 60.2 Å². The highest BCUT2D eigenvalue weighted by atomic mass is 16.2. The van der Waals surface area contributed by atoms with Crippen molar-refractivity contribution in [3.8, 4) is 0 Å². The summed E-state index contributed by atoms with van der Waals surface area (Å²) in [5, 5.41) is 4.39. The lowest BCUT2D eigenvalue weighted by molar-refractivity contribution is -0.133. The first-order valence-electron chi connectivity index (χ1n) is 9.70. The monoisotopic (exact) mass is 368 g/mol. The number of benzene rings is 1. The molecular formula is C21H28N4O2. The molecule has 1 aromatic carbocycles. The summed E-state index contributed by atoms with van der Waals surface area (Å²) in [5.74, 6) is 0.0852. The highest BCUT2D eigenvalue weighted by molar-refractivity contribution is 5.95. The largest absolute Gasteiger partial charge is 0.336 e. The highest BCUT2D eigenvalue weighted by Gasteiger charge is 2.32. The lowest BCUT2D eigenvalue weighted by Gasteiger charge is -2.31. The van der Waals surface area contributed by atoms with E-state index in [0.29, 0.717) is 31.6 Å². The molecule has 1 aliphatic heterocycles. The maximum absolute atomic E-state index is 13.1. The maximum Gasteiger partial charge on any atom is 0.257 e. The molecule has 2 aromatic rings. The van der Waals surface area contributed by atoms with Crippen LogP contribution < -0.4 is 0 Å². The zero-order valence-corrected chi connectivity index (χ0v) is 16.4. The van der Waals surface area contributed by atoms with Gasteiger partial charge in [-0.2, -0.15) is 5.10 Å². The molecule has 1 fully saturated rings. The third-order valence-electron chi connectivity index (χ3n) is 5.24. The van der Waals surface area contributed by atoms with Crippen LogP contribution in [0, 0.1) is 6.92 Å². The summed E-state index contributed by atoms with van der Waals surface area (Å²) < 4.78 is 1.78. The van der Waals surface area contributed by atoms with Gasteiger partial charge in [0, 0.05) is 44.8 Å². The summed E-state index contributed by atoms with van der Waals surface area (Å²) in [6.45, 7) is 8.27. The predicted molar refractivity (Wildman–Crippen MR) is 104 cm³/mol. The number of hydrogen-bond donors (Lipinski definition) is 0. The van der Waals surface area contributed by atoms with Crippen molar-refractivity contribution in [1.82, 2.24) is 19.6 Å². The van der Waals surface area contributed by atoms with Gasteiger partial charge in [-0.3, -0.25) is 14.3 Å². The van der Waals surface area contributed by atoms with Gasteiger partial charge in [-0.05, 0) is 25.8 Å². The molecule has 1 atom stereocenters. The van der Waals surface area contributed by atoms with Crippen molar-refractivity contribution in [2.45, 2.75) is 52.7 Å². The van der Waals surface area contributed by atoms with E-state index in [-0.39, 0.29) is 17.9 Å². The second kappa shape index (κ2) is 8.37. The van der Waals surface area contributed by atoms with E-state index < -0.39 is 0 Å². The van der Waals surface area contributed by atoms with Gasteiger partial charge < -0.3 is 9.80 Å². The Morgan fingerprint density at radius 2 is 1.96 bits per heavy atom. The summed E-state index contributed by atoms with van der Waals surface area (Å²) in [5.41, 5.74) is 2.49. The fourth-order valence-electron chi connectivity index (χ4n) is 3.61. The van der Waals surface area contributed by atoms with Gasteiger partial charge in [-0.1, -0.05) is 37.3 Å². The van der Waals surface area contributed by atoms with Crippen molar-refractivity contribution < 1.29 is 9.59 Å². The molecule has 0 bridgehead atoms. The van der Waals surface area contributed by atoms with Gasteiger partial charge >= 0.3 is 0 Å². The molecule has 27 heavy (non-hydrogen) atoms. The lowest BCUT2D eigenvalue weighted by atomic mass is 10.1. The van der Waals surface area contributed by atoms with E-state index in [4.69, 9.17) is 0 Å². The summed E-state index contributed by atoms with van der Waals surface area (Å²) in [6.07, 6.45) is 2.98. The van der Waals surface area contributed by atoms with Gasteiger partial charge in [-0.15, -0.1) is 0 Å². The molecule has 3 rings (SSSR count). The van der Waals surface area contributed by atoms with Crippen molar-refractivity contribution in [3.05, 3.63) is 53.3 Å². The van der Waals surface area contributed by atoms with Crippen LogP contribution >= 0.6 is 0 Å². The van der Waals surface area contributed by atoms with Crippen molar-refractivity contribution >= 4 is 11.8 Å². The van der Waals surface area contributed by atoms with Gasteiger partial charge in [0.1, 0.15) is 0 Å². The van der Waals surface area contributed by atoms with Gasteiger partial charge in [0.2, 0.25) is 5.91 Å². The molecular weight excluding hydrogens is 340 g/mol. The molecule has 144 valence electrons. The Morgan fingerprint density at radius 3 is 2.59 bits per heavy atom. The summed E-state index contributed by atoms with van der Waals surface area (Å²) >= 11 is 0. The fourth-order valence-corrected chi connectivity index (χ4v) is 3.61. The minimum Gasteiger partial charge on any atom is -0.336 e. The van der Waals surface area contributed by atoms with Crippen LogP contribution in [0.2, 0.25) is 0 Å². The number of carbonyl (C=O) groups is 2. The molecule has 1 aliphatic rings. The third-order valence-corrected chi connectivity index (χ3v) is 5.24. The lowest BCUT2D eigenvalue weighted by Crippen LogP contribution is -2.43. The summed E-state index contributed by atoms with van der Waals surface area (Å²) in [4.78, 5) is 29.6. The van der Waals surface area contributed by atoms with Gasteiger partial charge in [0.05, 0.1) is 11.3 Å². The first-order valence-corrected chi connectivity index (χ1v) is 9.70. The Morgan fingerprint density at radius 1 is 1.22 bits per heavy atom. The maximum atomic E-state index is 13.1. The standard InChI is InChI=1S/C21H28N4O2/c1-4-18-14-23(21(27)19-15-24(5-2)22-16(19)3)12-11-20(26)25(18)13-17-9-7-6-8-10-17/h6-10,15,18H,4-5,11-14H2,1-3H3/t18-/m1/s1. The molecule has 0 aliphatic carbocycles. The van der Waals surface area contributed by atoms with Crippen molar-refractivity contribution in [3.63, 3.8) is 0 Å². The molecule has 0 saturated carbocycles. The number of aryl methyl sites for hydroxylation is 2. The second-order valence-electron chi connectivity index (χ2n) is 7.05.